The van der Waals surface area contributed by atoms with Gasteiger partial charge < -0.3 is 5.73 Å². The molecule has 2 heterocycles. The molecular formula is C9H6Cl2N4S. The Morgan fingerprint density at radius 1 is 1.12 bits per heavy atom. The Hall–Kier alpha value is -1.04. The first-order chi connectivity index (χ1) is 7.66. The molecule has 0 saturated carbocycles. The molecule has 2 aromatic heterocycles. The SMILES string of the molecule is Nc1nc(Sc2ncccn2)c(Cl)cc1Cl. The molecule has 0 fully saturated rings. The molecule has 0 saturated heterocycles. The maximum absolute atomic E-state index is 5.97. The largest absolute Gasteiger partial charge is 0.382 e. The van der Waals surface area contributed by atoms with Gasteiger partial charge in [0.05, 0.1) is 10.0 Å². The van der Waals surface area contributed by atoms with E-state index < -0.39 is 0 Å². The second-order valence-electron chi connectivity index (χ2n) is 2.78. The number of hydrogen-bond acceptors (Lipinski definition) is 5. The number of rotatable bonds is 2. The van der Waals surface area contributed by atoms with Crippen molar-refractivity contribution in [2.24, 2.45) is 0 Å². The number of hydrogen-bond donors (Lipinski definition) is 1. The Bertz CT molecular complexity index is 506. The normalized spacial score (nSPS) is 10.4. The molecule has 0 aliphatic carbocycles. The predicted octanol–water partition coefficient (Wildman–Crippen LogP) is 2.91. The van der Waals surface area contributed by atoms with E-state index in [9.17, 15) is 0 Å². The fourth-order valence-corrected chi connectivity index (χ4v) is 2.13. The lowest BCUT2D eigenvalue weighted by atomic mass is 10.5. The average Bonchev–Trinajstić information content (AvgIpc) is 2.27. The number of nitrogens with zero attached hydrogens (tertiary/aromatic N) is 3. The van der Waals surface area contributed by atoms with Gasteiger partial charge in [-0.1, -0.05) is 23.2 Å². The van der Waals surface area contributed by atoms with Crippen molar-refractivity contribution in [3.8, 4) is 0 Å². The smallest absolute Gasteiger partial charge is 0.193 e. The van der Waals surface area contributed by atoms with Crippen LogP contribution in [0.4, 0.5) is 5.82 Å². The van der Waals surface area contributed by atoms with E-state index in [1.165, 1.54) is 11.8 Å². The van der Waals surface area contributed by atoms with Crippen LogP contribution < -0.4 is 5.73 Å². The van der Waals surface area contributed by atoms with Gasteiger partial charge in [-0.3, -0.25) is 0 Å². The Morgan fingerprint density at radius 3 is 2.50 bits per heavy atom. The highest BCUT2D eigenvalue weighted by atomic mass is 35.5. The first-order valence-electron chi connectivity index (χ1n) is 4.23. The molecule has 0 aliphatic rings. The molecule has 0 aliphatic heterocycles. The Kier molecular flexibility index (Phi) is 3.48. The van der Waals surface area contributed by atoms with Crippen molar-refractivity contribution in [3.05, 3.63) is 34.6 Å². The fourth-order valence-electron chi connectivity index (χ4n) is 0.959. The zero-order valence-corrected chi connectivity index (χ0v) is 10.2. The molecule has 7 heteroatoms. The van der Waals surface area contributed by atoms with Gasteiger partial charge in [0.2, 0.25) is 0 Å². The highest BCUT2D eigenvalue weighted by Gasteiger charge is 2.09. The summed E-state index contributed by atoms with van der Waals surface area (Å²) in [6, 6.07) is 3.28. The summed E-state index contributed by atoms with van der Waals surface area (Å²) in [6.07, 6.45) is 3.28. The molecule has 0 atom stereocenters. The minimum Gasteiger partial charge on any atom is -0.382 e. The van der Waals surface area contributed by atoms with Crippen molar-refractivity contribution >= 4 is 40.8 Å². The number of nitrogens with two attached hydrogens (primary N) is 1. The summed E-state index contributed by atoms with van der Waals surface area (Å²) in [7, 11) is 0. The van der Waals surface area contributed by atoms with Crippen LogP contribution in [0.3, 0.4) is 0 Å². The second kappa shape index (κ2) is 4.86. The lowest BCUT2D eigenvalue weighted by Crippen LogP contribution is -1.94. The minimum absolute atomic E-state index is 0.240. The van der Waals surface area contributed by atoms with Gasteiger partial charge in [-0.05, 0) is 23.9 Å². The van der Waals surface area contributed by atoms with E-state index in [1.807, 2.05) is 0 Å². The van der Waals surface area contributed by atoms with Crippen molar-refractivity contribution in [2.75, 3.05) is 5.73 Å². The van der Waals surface area contributed by atoms with E-state index in [-0.39, 0.29) is 5.82 Å². The molecule has 0 radical (unpaired) electrons. The molecule has 2 aromatic rings. The lowest BCUT2D eigenvalue weighted by molar-refractivity contribution is 0.961. The van der Waals surface area contributed by atoms with Crippen LogP contribution >= 0.6 is 35.0 Å². The third kappa shape index (κ3) is 2.55. The molecule has 16 heavy (non-hydrogen) atoms. The lowest BCUT2D eigenvalue weighted by Gasteiger charge is -2.04. The zero-order chi connectivity index (χ0) is 11.5. The number of pyridine rings is 1. The van der Waals surface area contributed by atoms with Crippen molar-refractivity contribution in [1.82, 2.24) is 15.0 Å². The Labute approximate surface area is 106 Å². The summed E-state index contributed by atoms with van der Waals surface area (Å²) in [5, 5.41) is 1.85. The molecule has 82 valence electrons. The molecule has 2 N–H and O–H groups in total. The quantitative estimate of drug-likeness (QED) is 0.852. The molecule has 0 unspecified atom stereocenters. The van der Waals surface area contributed by atoms with Gasteiger partial charge in [0, 0.05) is 12.4 Å². The zero-order valence-electron chi connectivity index (χ0n) is 7.89. The van der Waals surface area contributed by atoms with Crippen LogP contribution in [0.15, 0.2) is 34.7 Å². The van der Waals surface area contributed by atoms with E-state index in [0.29, 0.717) is 20.2 Å². The molecule has 0 aromatic carbocycles. The van der Waals surface area contributed by atoms with Gasteiger partial charge in [0.25, 0.3) is 0 Å². The van der Waals surface area contributed by atoms with Gasteiger partial charge in [-0.25, -0.2) is 15.0 Å². The maximum atomic E-state index is 5.97. The molecule has 2 rings (SSSR count). The van der Waals surface area contributed by atoms with Crippen LogP contribution in [0.1, 0.15) is 0 Å². The fraction of sp³-hybridized carbons (Fsp3) is 0. The van der Waals surface area contributed by atoms with Crippen molar-refractivity contribution in [1.29, 1.82) is 0 Å². The number of halogens is 2. The van der Waals surface area contributed by atoms with E-state index >= 15 is 0 Å². The minimum atomic E-state index is 0.240. The van der Waals surface area contributed by atoms with Gasteiger partial charge in [-0.2, -0.15) is 0 Å². The molecule has 0 amide bonds. The number of aromatic nitrogens is 3. The van der Waals surface area contributed by atoms with Crippen LogP contribution in [-0.2, 0) is 0 Å². The second-order valence-corrected chi connectivity index (χ2v) is 4.55. The highest BCUT2D eigenvalue weighted by molar-refractivity contribution is 7.99. The summed E-state index contributed by atoms with van der Waals surface area (Å²) in [6.45, 7) is 0. The monoisotopic (exact) mass is 272 g/mol. The summed E-state index contributed by atoms with van der Waals surface area (Å²) in [5.74, 6) is 0.240. The van der Waals surface area contributed by atoms with E-state index in [1.54, 1.807) is 24.5 Å². The standard InChI is InChI=1S/C9H6Cl2N4S/c10-5-4-6(11)8(15-7(5)12)16-9-13-2-1-3-14-9/h1-4H,(H2,12,15). The van der Waals surface area contributed by atoms with Gasteiger partial charge >= 0.3 is 0 Å². The van der Waals surface area contributed by atoms with Crippen LogP contribution in [-0.4, -0.2) is 15.0 Å². The summed E-state index contributed by atoms with van der Waals surface area (Å²) in [5.41, 5.74) is 5.59. The van der Waals surface area contributed by atoms with Gasteiger partial charge in [0.15, 0.2) is 5.16 Å². The highest BCUT2D eigenvalue weighted by Crippen LogP contribution is 2.33. The summed E-state index contributed by atoms with van der Waals surface area (Å²) in [4.78, 5) is 12.2. The Balaban J connectivity index is 2.32. The summed E-state index contributed by atoms with van der Waals surface area (Å²) >= 11 is 13.0. The third-order valence-electron chi connectivity index (χ3n) is 1.65. The molecule has 0 spiro atoms. The van der Waals surface area contributed by atoms with Crippen LogP contribution in [0.25, 0.3) is 0 Å². The average molecular weight is 273 g/mol. The van der Waals surface area contributed by atoms with E-state index in [2.05, 4.69) is 15.0 Å². The Morgan fingerprint density at radius 2 is 1.81 bits per heavy atom. The molecule has 4 nitrogen and oxygen atoms in total. The van der Waals surface area contributed by atoms with Crippen LogP contribution in [0, 0.1) is 0 Å². The van der Waals surface area contributed by atoms with Gasteiger partial charge in [-0.15, -0.1) is 0 Å². The first-order valence-corrected chi connectivity index (χ1v) is 5.80. The maximum Gasteiger partial charge on any atom is 0.193 e. The molecular weight excluding hydrogens is 267 g/mol. The van der Waals surface area contributed by atoms with Crippen LogP contribution in [0.5, 0.6) is 0 Å². The van der Waals surface area contributed by atoms with Crippen molar-refractivity contribution in [3.63, 3.8) is 0 Å². The van der Waals surface area contributed by atoms with Crippen molar-refractivity contribution < 1.29 is 0 Å². The summed E-state index contributed by atoms with van der Waals surface area (Å²) < 4.78 is 0. The van der Waals surface area contributed by atoms with Gasteiger partial charge in [0.1, 0.15) is 10.8 Å². The third-order valence-corrected chi connectivity index (χ3v) is 3.26. The number of anilines is 1. The van der Waals surface area contributed by atoms with Crippen molar-refractivity contribution in [2.45, 2.75) is 10.2 Å². The number of nitrogen functional groups attached to an aromatic ring is 1. The van der Waals surface area contributed by atoms with E-state index in [4.69, 9.17) is 28.9 Å². The first kappa shape index (κ1) is 11.4. The van der Waals surface area contributed by atoms with E-state index in [0.717, 1.165) is 0 Å². The van der Waals surface area contributed by atoms with Crippen LogP contribution in [0.2, 0.25) is 10.0 Å². The topological polar surface area (TPSA) is 64.7 Å². The molecule has 0 bridgehead atoms. The predicted molar refractivity (Wildman–Crippen MR) is 64.8 cm³/mol.